The van der Waals surface area contributed by atoms with Gasteiger partial charge in [0.1, 0.15) is 0 Å². The van der Waals surface area contributed by atoms with Crippen LogP contribution in [0.25, 0.3) is 22.2 Å². The summed E-state index contributed by atoms with van der Waals surface area (Å²) >= 11 is 0. The minimum Gasteiger partial charge on any atom is -0.354 e. The molecule has 1 aromatic heterocycles. The molecule has 6 heteroatoms. The molecule has 2 amide bonds. The molecular formula is C38H52N4O2. The Kier molecular flexibility index (Phi) is 8.67. The predicted molar refractivity (Wildman–Crippen MR) is 180 cm³/mol. The van der Waals surface area contributed by atoms with Gasteiger partial charge in [-0.2, -0.15) is 0 Å². The van der Waals surface area contributed by atoms with Crippen LogP contribution in [0, 0.1) is 25.7 Å². The maximum absolute atomic E-state index is 14.1. The molecule has 0 spiro atoms. The van der Waals surface area contributed by atoms with E-state index in [1.165, 1.54) is 46.2 Å². The topological polar surface area (TPSA) is 68.4 Å². The van der Waals surface area contributed by atoms with Crippen LogP contribution in [0.5, 0.6) is 0 Å². The van der Waals surface area contributed by atoms with Crippen molar-refractivity contribution in [3.8, 4) is 11.3 Å². The van der Waals surface area contributed by atoms with Crippen LogP contribution in [-0.2, 0) is 15.0 Å². The molecule has 2 N–H and O–H groups in total. The molecule has 3 saturated heterocycles. The first-order chi connectivity index (χ1) is 21.0. The van der Waals surface area contributed by atoms with Gasteiger partial charge in [-0.15, -0.1) is 0 Å². The number of aryl methyl sites for hydroxylation is 2. The van der Waals surface area contributed by atoms with E-state index in [1.807, 2.05) is 11.9 Å². The number of rotatable bonds is 9. The van der Waals surface area contributed by atoms with Crippen molar-refractivity contribution in [2.45, 2.75) is 96.9 Å². The second kappa shape index (κ2) is 12.3. The number of aromatic amines is 1. The molecule has 3 aliphatic heterocycles. The van der Waals surface area contributed by atoms with E-state index >= 15 is 0 Å². The van der Waals surface area contributed by atoms with Crippen LogP contribution in [0.15, 0.2) is 36.4 Å². The van der Waals surface area contributed by atoms with E-state index in [-0.39, 0.29) is 17.7 Å². The molecule has 6 nitrogen and oxygen atoms in total. The van der Waals surface area contributed by atoms with Crippen LogP contribution in [0.3, 0.4) is 0 Å². The van der Waals surface area contributed by atoms with E-state index in [4.69, 9.17) is 0 Å². The third-order valence-corrected chi connectivity index (χ3v) is 11.0. The summed E-state index contributed by atoms with van der Waals surface area (Å²) in [5, 5.41) is 4.98. The van der Waals surface area contributed by atoms with Crippen LogP contribution in [0.4, 0.5) is 0 Å². The molecule has 1 saturated carbocycles. The zero-order chi connectivity index (χ0) is 31.2. The van der Waals surface area contributed by atoms with Crippen molar-refractivity contribution in [1.29, 1.82) is 0 Å². The second-order valence-electron chi connectivity index (χ2n) is 14.9. The van der Waals surface area contributed by atoms with Crippen molar-refractivity contribution in [3.63, 3.8) is 0 Å². The average Bonchev–Trinajstić information content (AvgIpc) is 3.40. The number of nitrogens with one attached hydrogen (secondary N) is 2. The van der Waals surface area contributed by atoms with Crippen LogP contribution < -0.4 is 5.32 Å². The third kappa shape index (κ3) is 6.07. The standard InChI is InChI=1S/C38H52N4O2/c1-24-17-25(2)19-29(18-24)36-35(26(3)21-39-16-15-28-9-14-34(43)41(6)22-28)32-20-30(10-13-33(32)40-36)38(4,5)37(44)42-23-27-7-11-31(42)12-8-27/h10,13,17-20,26-28,31,39-40H,7-9,11-12,14-16,21-23H2,1-6H3/t26-,27?,28?,31?/m1/s1. The molecule has 0 radical (unpaired) electrons. The van der Waals surface area contributed by atoms with E-state index in [2.05, 4.69) is 86.2 Å². The Balaban J connectivity index is 1.28. The highest BCUT2D eigenvalue weighted by atomic mass is 16.2. The molecule has 2 atom stereocenters. The van der Waals surface area contributed by atoms with E-state index < -0.39 is 5.41 Å². The highest BCUT2D eigenvalue weighted by Gasteiger charge is 2.42. The van der Waals surface area contributed by atoms with Gasteiger partial charge in [-0.3, -0.25) is 9.59 Å². The van der Waals surface area contributed by atoms with Gasteiger partial charge in [-0.25, -0.2) is 0 Å². The Labute approximate surface area is 264 Å². The number of benzene rings is 2. The Morgan fingerprint density at radius 1 is 1.02 bits per heavy atom. The number of amides is 2. The minimum absolute atomic E-state index is 0.266. The normalized spacial score (nSPS) is 23.0. The molecule has 2 aromatic carbocycles. The molecule has 44 heavy (non-hydrogen) atoms. The van der Waals surface area contributed by atoms with Gasteiger partial charge in [0.25, 0.3) is 0 Å². The summed E-state index contributed by atoms with van der Waals surface area (Å²) in [6.07, 6.45) is 7.62. The smallest absolute Gasteiger partial charge is 0.232 e. The van der Waals surface area contributed by atoms with Gasteiger partial charge in [0, 0.05) is 50.0 Å². The number of hydrogen-bond acceptors (Lipinski definition) is 3. The van der Waals surface area contributed by atoms with Gasteiger partial charge in [0.2, 0.25) is 11.8 Å². The van der Waals surface area contributed by atoms with E-state index in [9.17, 15) is 9.59 Å². The minimum atomic E-state index is -0.587. The average molecular weight is 597 g/mol. The molecule has 4 aliphatic rings. The first-order valence-electron chi connectivity index (χ1n) is 17.0. The van der Waals surface area contributed by atoms with Gasteiger partial charge in [0.15, 0.2) is 0 Å². The van der Waals surface area contributed by atoms with Crippen LogP contribution in [0.2, 0.25) is 0 Å². The van der Waals surface area contributed by atoms with Gasteiger partial charge < -0.3 is 20.1 Å². The van der Waals surface area contributed by atoms with Crippen molar-refractivity contribution in [1.82, 2.24) is 20.1 Å². The molecule has 4 heterocycles. The Hall–Kier alpha value is -3.12. The monoisotopic (exact) mass is 596 g/mol. The summed E-state index contributed by atoms with van der Waals surface area (Å²) in [7, 11) is 1.93. The molecule has 7 rings (SSSR count). The quantitative estimate of drug-likeness (QED) is 0.259. The summed E-state index contributed by atoms with van der Waals surface area (Å²) in [6, 6.07) is 13.9. The summed E-state index contributed by atoms with van der Waals surface area (Å²) in [4.78, 5) is 33.9. The van der Waals surface area contributed by atoms with Gasteiger partial charge in [-0.05, 0) is 131 Å². The Morgan fingerprint density at radius 2 is 1.75 bits per heavy atom. The lowest BCUT2D eigenvalue weighted by Gasteiger charge is -2.47. The Bertz CT molecular complexity index is 1510. The lowest BCUT2D eigenvalue weighted by molar-refractivity contribution is -0.144. The van der Waals surface area contributed by atoms with Gasteiger partial charge in [0.05, 0.1) is 11.1 Å². The molecule has 4 fully saturated rings. The first-order valence-corrected chi connectivity index (χ1v) is 17.0. The molecule has 3 aromatic rings. The number of hydrogen-bond donors (Lipinski definition) is 2. The van der Waals surface area contributed by atoms with Crippen molar-refractivity contribution < 1.29 is 9.59 Å². The number of carbonyl (C=O) groups excluding carboxylic acids is 2. The van der Waals surface area contributed by atoms with E-state index in [1.54, 1.807) is 0 Å². The summed E-state index contributed by atoms with van der Waals surface area (Å²) in [5.41, 5.74) is 7.88. The predicted octanol–water partition coefficient (Wildman–Crippen LogP) is 7.08. The zero-order valence-electron chi connectivity index (χ0n) is 27.8. The fourth-order valence-electron chi connectivity index (χ4n) is 8.32. The largest absolute Gasteiger partial charge is 0.354 e. The fourth-order valence-corrected chi connectivity index (χ4v) is 8.32. The zero-order valence-corrected chi connectivity index (χ0v) is 27.8. The summed E-state index contributed by atoms with van der Waals surface area (Å²) in [6.45, 7) is 14.5. The summed E-state index contributed by atoms with van der Waals surface area (Å²) < 4.78 is 0. The second-order valence-corrected chi connectivity index (χ2v) is 14.9. The maximum Gasteiger partial charge on any atom is 0.232 e. The first kappa shape index (κ1) is 30.9. The fraction of sp³-hybridized carbons (Fsp3) is 0.579. The summed E-state index contributed by atoms with van der Waals surface area (Å²) in [5.74, 6) is 2.06. The maximum atomic E-state index is 14.1. The van der Waals surface area contributed by atoms with Crippen molar-refractivity contribution in [2.24, 2.45) is 11.8 Å². The number of fused-ring (bicyclic) bond motifs is 4. The number of H-pyrrole nitrogens is 1. The lowest BCUT2D eigenvalue weighted by atomic mass is 9.76. The molecular weight excluding hydrogens is 544 g/mol. The number of nitrogens with zero attached hydrogens (tertiary/aromatic N) is 2. The van der Waals surface area contributed by atoms with Gasteiger partial charge >= 0.3 is 0 Å². The van der Waals surface area contributed by atoms with E-state index in [0.29, 0.717) is 24.3 Å². The third-order valence-electron chi connectivity index (χ3n) is 11.0. The van der Waals surface area contributed by atoms with Crippen LogP contribution in [-0.4, -0.2) is 65.9 Å². The van der Waals surface area contributed by atoms with E-state index in [0.717, 1.165) is 62.9 Å². The molecule has 1 unspecified atom stereocenters. The lowest BCUT2D eigenvalue weighted by Crippen LogP contribution is -2.55. The Morgan fingerprint density at radius 3 is 2.41 bits per heavy atom. The number of carbonyl (C=O) groups is 2. The van der Waals surface area contributed by atoms with Crippen molar-refractivity contribution in [3.05, 3.63) is 58.7 Å². The molecule has 236 valence electrons. The van der Waals surface area contributed by atoms with Crippen LogP contribution in [0.1, 0.15) is 93.9 Å². The highest BCUT2D eigenvalue weighted by molar-refractivity contribution is 5.94. The van der Waals surface area contributed by atoms with Crippen molar-refractivity contribution in [2.75, 3.05) is 33.2 Å². The van der Waals surface area contributed by atoms with Crippen molar-refractivity contribution >= 4 is 22.7 Å². The van der Waals surface area contributed by atoms with Crippen LogP contribution >= 0.6 is 0 Å². The number of likely N-dealkylation sites (tertiary alicyclic amines) is 1. The molecule has 2 bridgehead atoms. The molecule has 1 aliphatic carbocycles. The van der Waals surface area contributed by atoms with Gasteiger partial charge in [-0.1, -0.05) is 30.2 Å². The number of aromatic nitrogens is 1. The SMILES string of the molecule is Cc1cc(C)cc(-c2[nH]c3ccc(C(C)(C)C(=O)N4CC5CCC4CC5)cc3c2[C@H](C)CNCCC2CCC(=O)N(C)C2)c1. The highest BCUT2D eigenvalue weighted by Crippen LogP contribution is 2.41. The number of piperidine rings is 3.